The van der Waals surface area contributed by atoms with Crippen LogP contribution in [0.15, 0.2) is 12.4 Å². The molecule has 5 rings (SSSR count). The minimum absolute atomic E-state index is 0.263. The Kier molecular flexibility index (Phi) is 4.49. The van der Waals surface area contributed by atoms with Gasteiger partial charge in [0, 0.05) is 26.2 Å². The maximum Gasteiger partial charge on any atom is 0.229 e. The lowest BCUT2D eigenvalue weighted by atomic mass is 9.70. The average molecular weight is 399 g/mol. The lowest BCUT2D eigenvalue weighted by Gasteiger charge is -2.48. The number of anilines is 1. The van der Waals surface area contributed by atoms with E-state index in [9.17, 15) is 9.90 Å². The topological polar surface area (TPSA) is 86.9 Å². The predicted octanol–water partition coefficient (Wildman–Crippen LogP) is 1.84. The van der Waals surface area contributed by atoms with Gasteiger partial charge in [0.25, 0.3) is 0 Å². The Labute approximate surface area is 170 Å². The van der Waals surface area contributed by atoms with Gasteiger partial charge in [-0.25, -0.2) is 0 Å². The Balaban J connectivity index is 1.38. The van der Waals surface area contributed by atoms with E-state index in [0.717, 1.165) is 49.5 Å². The number of aliphatic hydroxyl groups excluding tert-OH is 1. The number of amides is 1. The van der Waals surface area contributed by atoms with Gasteiger partial charge in [-0.2, -0.15) is 9.61 Å². The molecule has 0 radical (unpaired) electrons. The lowest BCUT2D eigenvalue weighted by molar-refractivity contribution is -0.154. The summed E-state index contributed by atoms with van der Waals surface area (Å²) in [5, 5.41) is 23.4. The molecule has 0 aromatic carbocycles. The van der Waals surface area contributed by atoms with Crippen LogP contribution in [-0.2, 0) is 4.79 Å². The quantitative estimate of drug-likeness (QED) is 0.846. The van der Waals surface area contributed by atoms with Gasteiger partial charge in [-0.15, -0.1) is 10.2 Å². The maximum absolute atomic E-state index is 13.3. The second-order valence-corrected chi connectivity index (χ2v) is 9.49. The van der Waals surface area contributed by atoms with Crippen molar-refractivity contribution in [1.29, 1.82) is 0 Å². The molecule has 1 saturated carbocycles. The van der Waals surface area contributed by atoms with Gasteiger partial charge in [0.2, 0.25) is 11.6 Å². The summed E-state index contributed by atoms with van der Waals surface area (Å²) in [6.45, 7) is 7.14. The number of hydrogen-bond donors (Lipinski definition) is 1. The number of likely N-dealkylation sites (tertiary alicyclic amines) is 1. The molecule has 1 unspecified atom stereocenters. The number of nitrogens with zero attached hydrogens (tertiary/aromatic N) is 6. The molecular formula is C21H30N6O2. The number of hydrogen-bond acceptors (Lipinski definition) is 6. The monoisotopic (exact) mass is 398 g/mol. The van der Waals surface area contributed by atoms with Gasteiger partial charge in [0.05, 0.1) is 22.9 Å². The fourth-order valence-corrected chi connectivity index (χ4v) is 4.98. The molecule has 1 amide bonds. The van der Waals surface area contributed by atoms with E-state index in [1.165, 1.54) is 12.8 Å². The van der Waals surface area contributed by atoms with E-state index in [1.54, 1.807) is 10.8 Å². The maximum atomic E-state index is 13.3. The van der Waals surface area contributed by atoms with Crippen LogP contribution < -0.4 is 4.90 Å². The first-order chi connectivity index (χ1) is 13.9. The van der Waals surface area contributed by atoms with Gasteiger partial charge in [-0.1, -0.05) is 13.8 Å². The van der Waals surface area contributed by atoms with E-state index in [4.69, 9.17) is 0 Å². The van der Waals surface area contributed by atoms with Gasteiger partial charge >= 0.3 is 0 Å². The SMILES string of the molecule is CC(C)c1cc(N2CCC3(CC2)CC(O)CN(CC2CC2)C3=O)c2nncn2n1. The minimum Gasteiger partial charge on any atom is -0.391 e. The van der Waals surface area contributed by atoms with Gasteiger partial charge in [-0.3, -0.25) is 4.79 Å². The molecule has 29 heavy (non-hydrogen) atoms. The molecule has 3 fully saturated rings. The zero-order chi connectivity index (χ0) is 20.2. The molecule has 2 aromatic heterocycles. The van der Waals surface area contributed by atoms with Crippen molar-refractivity contribution < 1.29 is 9.90 Å². The predicted molar refractivity (Wildman–Crippen MR) is 109 cm³/mol. The molecule has 1 spiro atoms. The molecular weight excluding hydrogens is 368 g/mol. The highest BCUT2D eigenvalue weighted by Gasteiger charge is 2.49. The Hall–Kier alpha value is -2.22. The first-order valence-corrected chi connectivity index (χ1v) is 10.9. The highest BCUT2D eigenvalue weighted by molar-refractivity contribution is 5.84. The van der Waals surface area contributed by atoms with Crippen LogP contribution in [0.25, 0.3) is 5.65 Å². The van der Waals surface area contributed by atoms with Crippen LogP contribution in [0.1, 0.15) is 57.6 Å². The van der Waals surface area contributed by atoms with Crippen LogP contribution in [-0.4, -0.2) is 68.0 Å². The molecule has 2 aliphatic heterocycles. The van der Waals surface area contributed by atoms with E-state index in [0.29, 0.717) is 24.8 Å². The van der Waals surface area contributed by atoms with E-state index >= 15 is 0 Å². The normalized spacial score (nSPS) is 24.8. The van der Waals surface area contributed by atoms with Crippen molar-refractivity contribution >= 4 is 17.2 Å². The van der Waals surface area contributed by atoms with Gasteiger partial charge in [0.1, 0.15) is 6.33 Å². The van der Waals surface area contributed by atoms with Crippen molar-refractivity contribution in [1.82, 2.24) is 24.7 Å². The number of rotatable bonds is 4. The second kappa shape index (κ2) is 6.93. The van der Waals surface area contributed by atoms with Crippen molar-refractivity contribution in [3.8, 4) is 0 Å². The zero-order valence-corrected chi connectivity index (χ0v) is 17.3. The smallest absolute Gasteiger partial charge is 0.229 e. The van der Waals surface area contributed by atoms with Crippen LogP contribution in [0.4, 0.5) is 5.69 Å². The van der Waals surface area contributed by atoms with Crippen LogP contribution >= 0.6 is 0 Å². The summed E-state index contributed by atoms with van der Waals surface area (Å²) in [4.78, 5) is 17.6. The molecule has 2 saturated heterocycles. The lowest BCUT2D eigenvalue weighted by Crippen LogP contribution is -2.58. The van der Waals surface area contributed by atoms with E-state index in [2.05, 4.69) is 40.1 Å². The first kappa shape index (κ1) is 18.8. The van der Waals surface area contributed by atoms with Crippen molar-refractivity contribution in [3.05, 3.63) is 18.1 Å². The highest BCUT2D eigenvalue weighted by atomic mass is 16.3. The molecule has 8 heteroatoms. The van der Waals surface area contributed by atoms with Crippen molar-refractivity contribution in [3.63, 3.8) is 0 Å². The molecule has 1 aliphatic carbocycles. The fraction of sp³-hybridized carbons (Fsp3) is 0.714. The van der Waals surface area contributed by atoms with E-state index < -0.39 is 11.5 Å². The molecule has 1 atom stereocenters. The second-order valence-electron chi connectivity index (χ2n) is 9.49. The van der Waals surface area contributed by atoms with Gasteiger partial charge in [0.15, 0.2) is 0 Å². The molecule has 4 heterocycles. The summed E-state index contributed by atoms with van der Waals surface area (Å²) in [6, 6.07) is 2.11. The number of aromatic nitrogens is 4. The number of fused-ring (bicyclic) bond motifs is 1. The van der Waals surface area contributed by atoms with E-state index in [1.807, 2.05) is 4.90 Å². The minimum atomic E-state index is -0.416. The summed E-state index contributed by atoms with van der Waals surface area (Å²) in [6.07, 6.45) is 5.80. The summed E-state index contributed by atoms with van der Waals surface area (Å²) in [5.74, 6) is 1.22. The van der Waals surface area contributed by atoms with Crippen molar-refractivity contribution in [2.75, 3.05) is 31.1 Å². The number of β-amino-alcohol motifs (C(OH)–C–C–N with tert-alkyl or cyclic N) is 1. The number of aliphatic hydroxyl groups is 1. The van der Waals surface area contributed by atoms with Crippen LogP contribution in [0.2, 0.25) is 0 Å². The Bertz CT molecular complexity index is 911. The summed E-state index contributed by atoms with van der Waals surface area (Å²) in [7, 11) is 0. The van der Waals surface area contributed by atoms with Crippen LogP contribution in [0.5, 0.6) is 0 Å². The standard InChI is InChI=1S/C21H30N6O2/c1-14(2)17-9-18(19-23-22-13-27(19)24-17)25-7-5-21(6-8-25)10-16(28)12-26(20(21)29)11-15-3-4-15/h9,13-16,28H,3-8,10-12H2,1-2H3. The summed E-state index contributed by atoms with van der Waals surface area (Å²) >= 11 is 0. The largest absolute Gasteiger partial charge is 0.391 e. The highest BCUT2D eigenvalue weighted by Crippen LogP contribution is 2.43. The Morgan fingerprint density at radius 2 is 2.03 bits per heavy atom. The Morgan fingerprint density at radius 3 is 2.72 bits per heavy atom. The molecule has 3 aliphatic rings. The number of piperidine rings is 2. The third-order valence-electron chi connectivity index (χ3n) is 6.89. The van der Waals surface area contributed by atoms with Gasteiger partial charge < -0.3 is 14.9 Å². The molecule has 156 valence electrons. The summed E-state index contributed by atoms with van der Waals surface area (Å²) < 4.78 is 1.75. The molecule has 0 bridgehead atoms. The molecule has 2 aromatic rings. The van der Waals surface area contributed by atoms with Crippen LogP contribution in [0.3, 0.4) is 0 Å². The first-order valence-electron chi connectivity index (χ1n) is 10.9. The average Bonchev–Trinajstić information content (AvgIpc) is 3.38. The molecule has 1 N–H and O–H groups in total. The van der Waals surface area contributed by atoms with Crippen molar-refractivity contribution in [2.45, 2.75) is 58.0 Å². The third-order valence-corrected chi connectivity index (χ3v) is 6.89. The zero-order valence-electron chi connectivity index (χ0n) is 17.3. The van der Waals surface area contributed by atoms with E-state index in [-0.39, 0.29) is 5.91 Å². The van der Waals surface area contributed by atoms with Crippen molar-refractivity contribution in [2.24, 2.45) is 11.3 Å². The number of carbonyl (C=O) groups excluding carboxylic acids is 1. The number of carbonyl (C=O) groups is 1. The van der Waals surface area contributed by atoms with Crippen LogP contribution in [0, 0.1) is 11.3 Å². The van der Waals surface area contributed by atoms with Gasteiger partial charge in [-0.05, 0) is 50.0 Å². The Morgan fingerprint density at radius 1 is 1.28 bits per heavy atom. The fourth-order valence-electron chi connectivity index (χ4n) is 4.98. The molecule has 8 nitrogen and oxygen atoms in total. The third kappa shape index (κ3) is 3.37. The summed E-state index contributed by atoms with van der Waals surface area (Å²) in [5.41, 5.74) is 2.39.